The lowest BCUT2D eigenvalue weighted by atomic mass is 10.1. The number of thiophene rings is 1. The van der Waals surface area contributed by atoms with Crippen molar-refractivity contribution in [3.05, 3.63) is 28.0 Å². The predicted octanol–water partition coefficient (Wildman–Crippen LogP) is 4.10. The van der Waals surface area contributed by atoms with Crippen LogP contribution in [0, 0.1) is 12.8 Å². The summed E-state index contributed by atoms with van der Waals surface area (Å²) in [5.41, 5.74) is 2.81. The van der Waals surface area contributed by atoms with E-state index < -0.39 is 0 Å². The minimum Gasteiger partial charge on any atom is -0.316 e. The molecule has 0 spiro atoms. The zero-order valence-electron chi connectivity index (χ0n) is 10.8. The summed E-state index contributed by atoms with van der Waals surface area (Å²) < 4.78 is 0. The first-order chi connectivity index (χ1) is 7.61. The van der Waals surface area contributed by atoms with E-state index in [1.165, 1.54) is 16.0 Å². The van der Waals surface area contributed by atoms with Crippen LogP contribution in [0.2, 0.25) is 0 Å². The smallest absolute Gasteiger partial charge is 0.0325 e. The fourth-order valence-corrected chi connectivity index (χ4v) is 2.58. The van der Waals surface area contributed by atoms with Crippen LogP contribution >= 0.6 is 11.3 Å². The van der Waals surface area contributed by atoms with E-state index in [-0.39, 0.29) is 0 Å². The van der Waals surface area contributed by atoms with E-state index >= 15 is 0 Å². The van der Waals surface area contributed by atoms with Crippen LogP contribution < -0.4 is 5.32 Å². The molecule has 0 aliphatic heterocycles. The van der Waals surface area contributed by atoms with Gasteiger partial charge in [-0.15, -0.1) is 11.3 Å². The number of hydrogen-bond donors (Lipinski definition) is 1. The summed E-state index contributed by atoms with van der Waals surface area (Å²) in [6, 6.07) is 2.19. The van der Waals surface area contributed by atoms with Gasteiger partial charge in [0.05, 0.1) is 0 Å². The molecule has 90 valence electrons. The molecular formula is C14H23NS. The highest BCUT2D eigenvalue weighted by molar-refractivity contribution is 7.11. The van der Waals surface area contributed by atoms with E-state index in [0.29, 0.717) is 0 Å². The van der Waals surface area contributed by atoms with E-state index in [0.717, 1.165) is 25.4 Å². The Morgan fingerprint density at radius 2 is 2.25 bits per heavy atom. The normalized spacial score (nSPS) is 12.4. The molecule has 0 saturated carbocycles. The van der Waals surface area contributed by atoms with Crippen LogP contribution in [0.5, 0.6) is 0 Å². The predicted molar refractivity (Wildman–Crippen MR) is 75.0 cm³/mol. The van der Waals surface area contributed by atoms with E-state index in [1.807, 2.05) is 11.3 Å². The molecule has 0 aliphatic rings. The van der Waals surface area contributed by atoms with Crippen molar-refractivity contribution in [2.75, 3.05) is 13.1 Å². The lowest BCUT2D eigenvalue weighted by Gasteiger charge is -2.06. The average Bonchev–Trinajstić information content (AvgIpc) is 2.63. The van der Waals surface area contributed by atoms with Gasteiger partial charge in [0.2, 0.25) is 0 Å². The molecule has 16 heavy (non-hydrogen) atoms. The van der Waals surface area contributed by atoms with E-state index in [4.69, 9.17) is 0 Å². The number of aryl methyl sites for hydroxylation is 1. The highest BCUT2D eigenvalue weighted by atomic mass is 32.1. The van der Waals surface area contributed by atoms with Crippen molar-refractivity contribution in [1.82, 2.24) is 5.32 Å². The van der Waals surface area contributed by atoms with Crippen molar-refractivity contribution in [3.63, 3.8) is 0 Å². The van der Waals surface area contributed by atoms with Crippen LogP contribution in [0.3, 0.4) is 0 Å². The molecule has 0 saturated heterocycles. The Labute approximate surface area is 104 Å². The van der Waals surface area contributed by atoms with Crippen molar-refractivity contribution >= 4 is 16.9 Å². The lowest BCUT2D eigenvalue weighted by molar-refractivity contribution is 0.557. The minimum absolute atomic E-state index is 0.740. The van der Waals surface area contributed by atoms with Gasteiger partial charge in [0.25, 0.3) is 0 Å². The Morgan fingerprint density at radius 1 is 1.50 bits per heavy atom. The Hall–Kier alpha value is -0.600. The van der Waals surface area contributed by atoms with Crippen LogP contribution in [-0.2, 0) is 0 Å². The summed E-state index contributed by atoms with van der Waals surface area (Å²) >= 11 is 1.84. The summed E-state index contributed by atoms with van der Waals surface area (Å²) in [5.74, 6) is 0.740. The number of allylic oxidation sites excluding steroid dienone is 1. The molecule has 0 atom stereocenters. The second-order valence-electron chi connectivity index (χ2n) is 4.71. The molecule has 1 aromatic rings. The Balaban J connectivity index is 2.32. The van der Waals surface area contributed by atoms with Crippen LogP contribution in [0.4, 0.5) is 0 Å². The molecule has 0 unspecified atom stereocenters. The maximum Gasteiger partial charge on any atom is 0.0325 e. The Bertz CT molecular complexity index is 336. The van der Waals surface area contributed by atoms with Gasteiger partial charge in [-0.3, -0.25) is 0 Å². The summed E-state index contributed by atoms with van der Waals surface area (Å²) in [5, 5.41) is 5.62. The summed E-state index contributed by atoms with van der Waals surface area (Å²) in [4.78, 5) is 1.43. The van der Waals surface area contributed by atoms with E-state index in [2.05, 4.69) is 50.5 Å². The van der Waals surface area contributed by atoms with E-state index in [1.54, 1.807) is 0 Å². The molecular weight excluding hydrogens is 214 g/mol. The van der Waals surface area contributed by atoms with Gasteiger partial charge < -0.3 is 5.32 Å². The van der Waals surface area contributed by atoms with Gasteiger partial charge in [-0.25, -0.2) is 0 Å². The molecule has 2 heteroatoms. The molecule has 1 heterocycles. The zero-order valence-corrected chi connectivity index (χ0v) is 11.7. The van der Waals surface area contributed by atoms with Gasteiger partial charge >= 0.3 is 0 Å². The van der Waals surface area contributed by atoms with Crippen molar-refractivity contribution in [1.29, 1.82) is 0 Å². The molecule has 0 bridgehead atoms. The van der Waals surface area contributed by atoms with Gasteiger partial charge in [0.1, 0.15) is 0 Å². The monoisotopic (exact) mass is 237 g/mol. The van der Waals surface area contributed by atoms with Gasteiger partial charge in [-0.1, -0.05) is 19.9 Å². The quantitative estimate of drug-likeness (QED) is 0.735. The maximum atomic E-state index is 3.46. The first-order valence-electron chi connectivity index (χ1n) is 6.03. The SMILES string of the molecule is CC(=CCCNCC(C)C)c1sccc1C. The third-order valence-corrected chi connectivity index (χ3v) is 3.70. The highest BCUT2D eigenvalue weighted by Crippen LogP contribution is 2.24. The number of nitrogens with one attached hydrogen (secondary N) is 1. The number of hydrogen-bond acceptors (Lipinski definition) is 2. The van der Waals surface area contributed by atoms with Crippen molar-refractivity contribution in [2.24, 2.45) is 5.92 Å². The molecule has 1 aromatic heterocycles. The summed E-state index contributed by atoms with van der Waals surface area (Å²) in [6.07, 6.45) is 3.46. The van der Waals surface area contributed by atoms with Crippen LogP contribution in [0.15, 0.2) is 17.5 Å². The van der Waals surface area contributed by atoms with Crippen LogP contribution in [-0.4, -0.2) is 13.1 Å². The van der Waals surface area contributed by atoms with Crippen molar-refractivity contribution in [2.45, 2.75) is 34.1 Å². The molecule has 0 fully saturated rings. The van der Waals surface area contributed by atoms with E-state index in [9.17, 15) is 0 Å². The van der Waals surface area contributed by atoms with Gasteiger partial charge in [0, 0.05) is 4.88 Å². The zero-order chi connectivity index (χ0) is 12.0. The topological polar surface area (TPSA) is 12.0 Å². The van der Waals surface area contributed by atoms with Crippen molar-refractivity contribution < 1.29 is 0 Å². The summed E-state index contributed by atoms with van der Waals surface area (Å²) in [6.45, 7) is 11.1. The first kappa shape index (κ1) is 13.5. The van der Waals surface area contributed by atoms with Gasteiger partial charge in [-0.05, 0) is 61.9 Å². The van der Waals surface area contributed by atoms with Gasteiger partial charge in [0.15, 0.2) is 0 Å². The largest absolute Gasteiger partial charge is 0.316 e. The fraction of sp³-hybridized carbons (Fsp3) is 0.571. The third-order valence-electron chi connectivity index (χ3n) is 2.54. The van der Waals surface area contributed by atoms with Crippen molar-refractivity contribution in [3.8, 4) is 0 Å². The molecule has 0 aliphatic carbocycles. The Morgan fingerprint density at radius 3 is 2.81 bits per heavy atom. The van der Waals surface area contributed by atoms with Gasteiger partial charge in [-0.2, -0.15) is 0 Å². The first-order valence-corrected chi connectivity index (χ1v) is 6.91. The standard InChI is InChI=1S/C14H23NS/c1-11(2)10-15-8-5-6-12(3)14-13(4)7-9-16-14/h6-7,9,11,15H,5,8,10H2,1-4H3. The molecule has 0 aromatic carbocycles. The second-order valence-corrected chi connectivity index (χ2v) is 5.62. The molecule has 1 N–H and O–H groups in total. The minimum atomic E-state index is 0.740. The molecule has 1 nitrogen and oxygen atoms in total. The average molecular weight is 237 g/mol. The Kier molecular flexibility index (Phi) is 5.78. The lowest BCUT2D eigenvalue weighted by Crippen LogP contribution is -2.20. The summed E-state index contributed by atoms with van der Waals surface area (Å²) in [7, 11) is 0. The third kappa shape index (κ3) is 4.50. The fourth-order valence-electron chi connectivity index (χ4n) is 1.65. The number of rotatable bonds is 6. The van der Waals surface area contributed by atoms with Crippen LogP contribution in [0.1, 0.15) is 37.6 Å². The highest BCUT2D eigenvalue weighted by Gasteiger charge is 2.00. The van der Waals surface area contributed by atoms with Crippen LogP contribution in [0.25, 0.3) is 5.57 Å². The maximum absolute atomic E-state index is 3.46. The molecule has 1 rings (SSSR count). The second kappa shape index (κ2) is 6.87. The molecule has 0 amide bonds. The molecule has 0 radical (unpaired) electrons.